The molecule has 0 spiro atoms. The van der Waals surface area contributed by atoms with Gasteiger partial charge in [0.1, 0.15) is 11.4 Å². The van der Waals surface area contributed by atoms with E-state index in [0.717, 1.165) is 11.6 Å². The van der Waals surface area contributed by atoms with Gasteiger partial charge in [0.2, 0.25) is 0 Å². The lowest BCUT2D eigenvalue weighted by Gasteiger charge is -2.23. The summed E-state index contributed by atoms with van der Waals surface area (Å²) < 4.78 is 5.33. The van der Waals surface area contributed by atoms with Crippen LogP contribution in [-0.4, -0.2) is 16.4 Å². The number of anilines is 1. The summed E-state index contributed by atoms with van der Waals surface area (Å²) in [6.45, 7) is 0.364. The van der Waals surface area contributed by atoms with Gasteiger partial charge in [-0.1, -0.05) is 6.08 Å². The SMILES string of the molecule is O=[N+]([O-])c1ccc(N2C=CC=C(c3ccco3)C2)c([N+](=O)[O-])c1. The van der Waals surface area contributed by atoms with Gasteiger partial charge in [-0.3, -0.25) is 20.2 Å². The molecule has 0 bridgehead atoms. The molecule has 0 unspecified atom stereocenters. The molecule has 0 saturated heterocycles. The van der Waals surface area contributed by atoms with E-state index in [9.17, 15) is 20.2 Å². The molecule has 2 aromatic rings. The molecule has 8 nitrogen and oxygen atoms in total. The number of nitrogens with zero attached hydrogens (tertiary/aromatic N) is 3. The van der Waals surface area contributed by atoms with Crippen molar-refractivity contribution in [3.63, 3.8) is 0 Å². The predicted molar refractivity (Wildman–Crippen MR) is 82.9 cm³/mol. The number of rotatable bonds is 4. The fourth-order valence-corrected chi connectivity index (χ4v) is 2.35. The smallest absolute Gasteiger partial charge is 0.299 e. The third-order valence-electron chi connectivity index (χ3n) is 3.42. The lowest BCUT2D eigenvalue weighted by molar-refractivity contribution is -0.393. The zero-order chi connectivity index (χ0) is 16.4. The number of nitro benzene ring substituents is 2. The molecule has 1 aliphatic heterocycles. The third-order valence-corrected chi connectivity index (χ3v) is 3.42. The van der Waals surface area contributed by atoms with Gasteiger partial charge in [0.25, 0.3) is 11.4 Å². The second kappa shape index (κ2) is 5.76. The first-order valence-corrected chi connectivity index (χ1v) is 6.67. The molecule has 116 valence electrons. The van der Waals surface area contributed by atoms with Gasteiger partial charge in [-0.2, -0.15) is 0 Å². The first kappa shape index (κ1) is 14.5. The van der Waals surface area contributed by atoms with Crippen molar-refractivity contribution in [1.29, 1.82) is 0 Å². The van der Waals surface area contributed by atoms with Crippen LogP contribution in [0.15, 0.2) is 59.4 Å². The Hall–Kier alpha value is -3.42. The fraction of sp³-hybridized carbons (Fsp3) is 0.0667. The number of furan rings is 1. The minimum Gasteiger partial charge on any atom is -0.465 e. The summed E-state index contributed by atoms with van der Waals surface area (Å²) in [5.74, 6) is 0.670. The Balaban J connectivity index is 1.96. The Kier molecular flexibility index (Phi) is 3.63. The highest BCUT2D eigenvalue weighted by atomic mass is 16.6. The van der Waals surface area contributed by atoms with E-state index in [-0.39, 0.29) is 17.1 Å². The van der Waals surface area contributed by atoms with E-state index in [4.69, 9.17) is 4.42 Å². The number of non-ortho nitro benzene ring substituents is 1. The van der Waals surface area contributed by atoms with Crippen LogP contribution in [-0.2, 0) is 0 Å². The Morgan fingerprint density at radius 3 is 2.61 bits per heavy atom. The Morgan fingerprint density at radius 1 is 1.13 bits per heavy atom. The van der Waals surface area contributed by atoms with E-state index >= 15 is 0 Å². The van der Waals surface area contributed by atoms with Crippen molar-refractivity contribution in [2.45, 2.75) is 0 Å². The van der Waals surface area contributed by atoms with Gasteiger partial charge >= 0.3 is 0 Å². The third kappa shape index (κ3) is 2.82. The molecule has 2 heterocycles. The van der Waals surface area contributed by atoms with Crippen LogP contribution in [0.25, 0.3) is 5.57 Å². The standard InChI is InChI=1S/C15H11N3O5/c19-17(20)12-5-6-13(14(9-12)18(21)22)16-7-1-3-11(10-16)15-4-2-8-23-15/h1-9H,10H2. The van der Waals surface area contributed by atoms with Gasteiger partial charge in [0, 0.05) is 17.8 Å². The van der Waals surface area contributed by atoms with Crippen LogP contribution in [0.5, 0.6) is 0 Å². The van der Waals surface area contributed by atoms with Crippen molar-refractivity contribution in [3.05, 3.63) is 80.9 Å². The van der Waals surface area contributed by atoms with Crippen molar-refractivity contribution in [2.24, 2.45) is 0 Å². The summed E-state index contributed by atoms with van der Waals surface area (Å²) in [4.78, 5) is 22.4. The molecule has 0 radical (unpaired) electrons. The van der Waals surface area contributed by atoms with Gasteiger partial charge in [-0.05, 0) is 24.3 Å². The molecule has 0 atom stereocenters. The van der Waals surface area contributed by atoms with E-state index in [1.54, 1.807) is 35.6 Å². The molecular weight excluding hydrogens is 302 g/mol. The zero-order valence-corrected chi connectivity index (χ0v) is 11.8. The summed E-state index contributed by atoms with van der Waals surface area (Å²) >= 11 is 0. The lowest BCUT2D eigenvalue weighted by Crippen LogP contribution is -2.21. The van der Waals surface area contributed by atoms with E-state index in [1.165, 1.54) is 12.1 Å². The fourth-order valence-electron chi connectivity index (χ4n) is 2.35. The van der Waals surface area contributed by atoms with Crippen molar-refractivity contribution in [3.8, 4) is 0 Å². The zero-order valence-electron chi connectivity index (χ0n) is 11.8. The largest absolute Gasteiger partial charge is 0.465 e. The van der Waals surface area contributed by atoms with E-state index in [1.807, 2.05) is 6.08 Å². The quantitative estimate of drug-likeness (QED) is 0.632. The lowest BCUT2D eigenvalue weighted by atomic mass is 10.1. The van der Waals surface area contributed by atoms with Crippen molar-refractivity contribution >= 4 is 22.6 Å². The Labute approximate surface area is 130 Å². The molecule has 0 N–H and O–H groups in total. The molecule has 0 amide bonds. The van der Waals surface area contributed by atoms with Gasteiger partial charge in [0.15, 0.2) is 0 Å². The maximum Gasteiger partial charge on any atom is 0.299 e. The van der Waals surface area contributed by atoms with E-state index < -0.39 is 9.85 Å². The number of nitro groups is 2. The van der Waals surface area contributed by atoms with Crippen LogP contribution < -0.4 is 4.90 Å². The first-order valence-electron chi connectivity index (χ1n) is 6.67. The average Bonchev–Trinajstić information content (AvgIpc) is 3.09. The molecule has 0 aliphatic carbocycles. The molecule has 1 aromatic heterocycles. The van der Waals surface area contributed by atoms with Crippen LogP contribution in [0.1, 0.15) is 5.76 Å². The highest BCUT2D eigenvalue weighted by molar-refractivity contribution is 5.76. The molecule has 3 rings (SSSR count). The summed E-state index contributed by atoms with van der Waals surface area (Å²) in [5, 5.41) is 22.1. The molecule has 1 aromatic carbocycles. The maximum atomic E-state index is 11.2. The van der Waals surface area contributed by atoms with Gasteiger partial charge in [-0.25, -0.2) is 0 Å². The predicted octanol–water partition coefficient (Wildman–Crippen LogP) is 3.51. The van der Waals surface area contributed by atoms with Gasteiger partial charge in [-0.15, -0.1) is 0 Å². The number of hydrogen-bond donors (Lipinski definition) is 0. The minimum absolute atomic E-state index is 0.286. The second-order valence-electron chi connectivity index (χ2n) is 4.83. The van der Waals surface area contributed by atoms with Crippen molar-refractivity contribution in [2.75, 3.05) is 11.4 Å². The van der Waals surface area contributed by atoms with Crippen LogP contribution >= 0.6 is 0 Å². The monoisotopic (exact) mass is 313 g/mol. The normalized spacial score (nSPS) is 13.7. The highest BCUT2D eigenvalue weighted by Gasteiger charge is 2.24. The second-order valence-corrected chi connectivity index (χ2v) is 4.83. The summed E-state index contributed by atoms with van der Waals surface area (Å²) in [6, 6.07) is 7.15. The molecular formula is C15H11N3O5. The number of allylic oxidation sites excluding steroid dienone is 2. The molecule has 23 heavy (non-hydrogen) atoms. The summed E-state index contributed by atoms with van der Waals surface area (Å²) in [5.41, 5.74) is 0.506. The average molecular weight is 313 g/mol. The van der Waals surface area contributed by atoms with Crippen LogP contribution in [0.3, 0.4) is 0 Å². The van der Waals surface area contributed by atoms with Crippen LogP contribution in [0.4, 0.5) is 17.1 Å². The van der Waals surface area contributed by atoms with Crippen molar-refractivity contribution < 1.29 is 14.3 Å². The number of benzene rings is 1. The summed E-state index contributed by atoms with van der Waals surface area (Å²) in [7, 11) is 0. The van der Waals surface area contributed by atoms with Crippen LogP contribution in [0, 0.1) is 20.2 Å². The molecule has 8 heteroatoms. The van der Waals surface area contributed by atoms with E-state index in [2.05, 4.69) is 0 Å². The Morgan fingerprint density at radius 2 is 1.96 bits per heavy atom. The number of hydrogen-bond acceptors (Lipinski definition) is 6. The van der Waals surface area contributed by atoms with Crippen LogP contribution in [0.2, 0.25) is 0 Å². The molecule has 0 saturated carbocycles. The Bertz CT molecular complexity index is 824. The minimum atomic E-state index is -0.656. The van der Waals surface area contributed by atoms with Gasteiger partial charge in [0.05, 0.1) is 28.7 Å². The van der Waals surface area contributed by atoms with Gasteiger partial charge < -0.3 is 9.32 Å². The topological polar surface area (TPSA) is 103 Å². The maximum absolute atomic E-state index is 11.2. The van der Waals surface area contributed by atoms with Crippen molar-refractivity contribution in [1.82, 2.24) is 0 Å². The van der Waals surface area contributed by atoms with E-state index in [0.29, 0.717) is 12.3 Å². The highest BCUT2D eigenvalue weighted by Crippen LogP contribution is 2.34. The molecule has 1 aliphatic rings. The molecule has 0 fully saturated rings. The summed E-state index contributed by atoms with van der Waals surface area (Å²) in [6.07, 6.45) is 6.83. The first-order chi connectivity index (χ1) is 11.1.